The van der Waals surface area contributed by atoms with Gasteiger partial charge >= 0.3 is 0 Å². The molecule has 0 amide bonds. The van der Waals surface area contributed by atoms with Crippen LogP contribution in [0.25, 0.3) is 0 Å². The molecule has 1 N–H and O–H groups in total. The van der Waals surface area contributed by atoms with Crippen LogP contribution in [0.2, 0.25) is 10.0 Å². The van der Waals surface area contributed by atoms with Crippen molar-refractivity contribution in [3.8, 4) is 0 Å². The lowest BCUT2D eigenvalue weighted by molar-refractivity contribution is -0.127. The standard InChI is InChI=1S/C25H30Cl2N2O/c1-17-18(2)28-25(16-29-12-6-3-7-13-29,21-9-5-4-8-20(17)21)24(30)15-19-10-11-22(26)23(27)14-19/h4-5,8-11,14,17-18,28H,3,6-7,12-13,15-16H2,1-2H3. The number of hydrogen-bond donors (Lipinski definition) is 1. The van der Waals surface area contributed by atoms with Gasteiger partial charge in [0, 0.05) is 19.0 Å². The minimum absolute atomic E-state index is 0.192. The van der Waals surface area contributed by atoms with Crippen LogP contribution in [0.5, 0.6) is 0 Å². The van der Waals surface area contributed by atoms with Gasteiger partial charge in [0.15, 0.2) is 5.78 Å². The molecule has 2 aromatic rings. The molecule has 1 fully saturated rings. The fourth-order valence-electron chi connectivity index (χ4n) is 5.03. The van der Waals surface area contributed by atoms with E-state index in [4.69, 9.17) is 23.2 Å². The Hall–Kier alpha value is -1.39. The number of piperidine rings is 1. The molecule has 5 heteroatoms. The zero-order chi connectivity index (χ0) is 21.3. The van der Waals surface area contributed by atoms with E-state index in [2.05, 4.69) is 48.3 Å². The number of rotatable bonds is 5. The second-order valence-electron chi connectivity index (χ2n) is 8.90. The fraction of sp³-hybridized carbons (Fsp3) is 0.480. The van der Waals surface area contributed by atoms with Crippen molar-refractivity contribution < 1.29 is 4.79 Å². The first kappa shape index (κ1) is 21.8. The van der Waals surface area contributed by atoms with E-state index >= 15 is 0 Å². The number of carbonyl (C=O) groups excluding carboxylic acids is 1. The lowest BCUT2D eigenvalue weighted by atomic mass is 9.72. The van der Waals surface area contributed by atoms with Gasteiger partial charge in [-0.2, -0.15) is 0 Å². The summed E-state index contributed by atoms with van der Waals surface area (Å²) < 4.78 is 0. The monoisotopic (exact) mass is 444 g/mol. The normalized spacial score (nSPS) is 26.9. The van der Waals surface area contributed by atoms with Crippen LogP contribution in [-0.2, 0) is 16.8 Å². The molecule has 0 saturated carbocycles. The van der Waals surface area contributed by atoms with Gasteiger partial charge in [-0.3, -0.25) is 10.1 Å². The minimum Gasteiger partial charge on any atom is -0.301 e. The number of carbonyl (C=O) groups is 1. The Kier molecular flexibility index (Phi) is 6.55. The molecular weight excluding hydrogens is 415 g/mol. The zero-order valence-corrected chi connectivity index (χ0v) is 19.3. The van der Waals surface area contributed by atoms with Crippen molar-refractivity contribution in [3.05, 3.63) is 69.2 Å². The van der Waals surface area contributed by atoms with E-state index in [0.29, 0.717) is 28.9 Å². The van der Waals surface area contributed by atoms with Gasteiger partial charge in [-0.05, 0) is 67.6 Å². The average Bonchev–Trinajstić information content (AvgIpc) is 2.75. The number of nitrogens with zero attached hydrogens (tertiary/aromatic N) is 1. The van der Waals surface area contributed by atoms with E-state index < -0.39 is 5.54 Å². The molecule has 2 aromatic carbocycles. The van der Waals surface area contributed by atoms with Crippen molar-refractivity contribution in [1.82, 2.24) is 10.2 Å². The molecule has 1 saturated heterocycles. The lowest BCUT2D eigenvalue weighted by Gasteiger charge is -2.47. The number of halogens is 2. The molecule has 2 aliphatic heterocycles. The van der Waals surface area contributed by atoms with Gasteiger partial charge in [-0.1, -0.05) is 66.9 Å². The van der Waals surface area contributed by atoms with Gasteiger partial charge < -0.3 is 4.90 Å². The quantitative estimate of drug-likeness (QED) is 0.652. The van der Waals surface area contributed by atoms with E-state index in [1.54, 1.807) is 6.07 Å². The number of fused-ring (bicyclic) bond motifs is 1. The van der Waals surface area contributed by atoms with Gasteiger partial charge in [0.25, 0.3) is 0 Å². The summed E-state index contributed by atoms with van der Waals surface area (Å²) in [5.74, 6) is 0.547. The van der Waals surface area contributed by atoms with Crippen molar-refractivity contribution in [2.45, 2.75) is 57.0 Å². The first-order valence-corrected chi connectivity index (χ1v) is 11.7. The highest BCUT2D eigenvalue weighted by molar-refractivity contribution is 6.42. The first-order valence-electron chi connectivity index (χ1n) is 11.0. The third-order valence-electron chi connectivity index (χ3n) is 6.87. The number of nitrogens with one attached hydrogen (secondary N) is 1. The molecule has 30 heavy (non-hydrogen) atoms. The molecular formula is C25H30Cl2N2O. The molecule has 2 heterocycles. The third kappa shape index (κ3) is 4.18. The van der Waals surface area contributed by atoms with E-state index in [0.717, 1.165) is 24.2 Å². The van der Waals surface area contributed by atoms with Gasteiger partial charge in [0.2, 0.25) is 0 Å². The zero-order valence-electron chi connectivity index (χ0n) is 17.8. The Morgan fingerprint density at radius 3 is 2.53 bits per heavy atom. The Morgan fingerprint density at radius 2 is 1.80 bits per heavy atom. The predicted molar refractivity (Wildman–Crippen MR) is 125 cm³/mol. The van der Waals surface area contributed by atoms with E-state index in [9.17, 15) is 4.79 Å². The van der Waals surface area contributed by atoms with Crippen LogP contribution in [-0.4, -0.2) is 36.4 Å². The van der Waals surface area contributed by atoms with Crippen molar-refractivity contribution >= 4 is 29.0 Å². The maximum absolute atomic E-state index is 14.0. The Bertz CT molecular complexity index is 925. The Labute approximate surface area is 189 Å². The molecule has 2 aliphatic rings. The molecule has 0 radical (unpaired) electrons. The van der Waals surface area contributed by atoms with E-state index in [1.807, 2.05) is 12.1 Å². The average molecular weight is 445 g/mol. The van der Waals surface area contributed by atoms with Crippen LogP contribution in [0.4, 0.5) is 0 Å². The van der Waals surface area contributed by atoms with Crippen LogP contribution < -0.4 is 5.32 Å². The lowest BCUT2D eigenvalue weighted by Crippen LogP contribution is -2.63. The molecule has 3 nitrogen and oxygen atoms in total. The van der Waals surface area contributed by atoms with E-state index in [1.165, 1.54) is 24.8 Å². The van der Waals surface area contributed by atoms with Crippen molar-refractivity contribution in [2.24, 2.45) is 0 Å². The molecule has 0 aromatic heterocycles. The number of Topliss-reactive ketones (excluding diaryl/α,β-unsaturated/α-hetero) is 1. The van der Waals surface area contributed by atoms with Crippen LogP contribution in [0.15, 0.2) is 42.5 Å². The maximum atomic E-state index is 14.0. The van der Waals surface area contributed by atoms with Crippen molar-refractivity contribution in [2.75, 3.05) is 19.6 Å². The van der Waals surface area contributed by atoms with Gasteiger partial charge in [-0.25, -0.2) is 0 Å². The second-order valence-corrected chi connectivity index (χ2v) is 9.71. The highest BCUT2D eigenvalue weighted by Crippen LogP contribution is 2.39. The third-order valence-corrected chi connectivity index (χ3v) is 7.61. The molecule has 3 unspecified atom stereocenters. The molecule has 0 spiro atoms. The smallest absolute Gasteiger partial charge is 0.163 e. The minimum atomic E-state index is -0.716. The van der Waals surface area contributed by atoms with Gasteiger partial charge in [0.1, 0.15) is 5.54 Å². The topological polar surface area (TPSA) is 32.3 Å². The second kappa shape index (κ2) is 9.00. The summed E-state index contributed by atoms with van der Waals surface area (Å²) in [6.07, 6.45) is 4.00. The van der Waals surface area contributed by atoms with Crippen molar-refractivity contribution in [3.63, 3.8) is 0 Å². The number of likely N-dealkylation sites (tertiary alicyclic amines) is 1. The van der Waals surface area contributed by atoms with Gasteiger partial charge in [0.05, 0.1) is 10.0 Å². The van der Waals surface area contributed by atoms with Crippen LogP contribution in [0.3, 0.4) is 0 Å². The highest BCUT2D eigenvalue weighted by Gasteiger charge is 2.47. The summed E-state index contributed by atoms with van der Waals surface area (Å²) >= 11 is 12.3. The van der Waals surface area contributed by atoms with Crippen LogP contribution in [0.1, 0.15) is 55.7 Å². The summed E-state index contributed by atoms with van der Waals surface area (Å²) in [6.45, 7) is 7.25. The van der Waals surface area contributed by atoms with Crippen LogP contribution >= 0.6 is 23.2 Å². The number of ketones is 1. The largest absolute Gasteiger partial charge is 0.301 e. The molecule has 0 aliphatic carbocycles. The summed E-state index contributed by atoms with van der Waals surface area (Å²) in [5, 5.41) is 4.78. The summed E-state index contributed by atoms with van der Waals surface area (Å²) in [6, 6.07) is 14.2. The van der Waals surface area contributed by atoms with Gasteiger partial charge in [-0.15, -0.1) is 0 Å². The molecule has 0 bridgehead atoms. The number of hydrogen-bond acceptors (Lipinski definition) is 3. The summed E-state index contributed by atoms with van der Waals surface area (Å²) in [4.78, 5) is 16.5. The Morgan fingerprint density at radius 1 is 1.07 bits per heavy atom. The summed E-state index contributed by atoms with van der Waals surface area (Å²) in [5.41, 5.74) is 2.60. The molecule has 3 atom stereocenters. The van der Waals surface area contributed by atoms with Crippen LogP contribution in [0, 0.1) is 0 Å². The predicted octanol–water partition coefficient (Wildman–Crippen LogP) is 5.58. The Balaban J connectivity index is 1.74. The SMILES string of the molecule is CC1NC(CN2CCCCC2)(C(=O)Cc2ccc(Cl)c(Cl)c2)c2ccccc2C1C. The molecule has 4 rings (SSSR count). The molecule has 160 valence electrons. The highest BCUT2D eigenvalue weighted by atomic mass is 35.5. The first-order chi connectivity index (χ1) is 14.4. The van der Waals surface area contributed by atoms with E-state index in [-0.39, 0.29) is 11.8 Å². The van der Waals surface area contributed by atoms with Crippen molar-refractivity contribution in [1.29, 1.82) is 0 Å². The fourth-order valence-corrected chi connectivity index (χ4v) is 5.35. The number of benzene rings is 2. The maximum Gasteiger partial charge on any atom is 0.163 e. The summed E-state index contributed by atoms with van der Waals surface area (Å²) in [7, 11) is 0.